The number of aromatic nitrogens is 3. The van der Waals surface area contributed by atoms with Gasteiger partial charge in [-0.05, 0) is 55.3 Å². The predicted molar refractivity (Wildman–Crippen MR) is 144 cm³/mol. The van der Waals surface area contributed by atoms with Crippen LogP contribution in [-0.4, -0.2) is 26.2 Å². The highest BCUT2D eigenvalue weighted by atomic mass is 35.5. The number of fused-ring (bicyclic) bond motifs is 3. The van der Waals surface area contributed by atoms with Gasteiger partial charge in [-0.15, -0.1) is 0 Å². The molecule has 0 aliphatic carbocycles. The second-order valence-electron chi connectivity index (χ2n) is 8.68. The quantitative estimate of drug-likeness (QED) is 0.182. The Labute approximate surface area is 223 Å². The molecule has 2 aromatic heterocycles. The van der Waals surface area contributed by atoms with E-state index in [0.29, 0.717) is 16.7 Å². The first-order valence-electron chi connectivity index (χ1n) is 11.4. The summed E-state index contributed by atoms with van der Waals surface area (Å²) in [5.41, 5.74) is 2.59. The number of carbonyl (C=O) groups is 1. The molecule has 2 heterocycles. The minimum atomic E-state index is -4.58. The highest BCUT2D eigenvalue weighted by molar-refractivity contribution is 7.99. The molecule has 6 nitrogen and oxygen atoms in total. The molecule has 0 aliphatic heterocycles. The first-order chi connectivity index (χ1) is 18.0. The summed E-state index contributed by atoms with van der Waals surface area (Å²) in [7, 11) is 0. The highest BCUT2D eigenvalue weighted by Gasteiger charge is 2.31. The summed E-state index contributed by atoms with van der Waals surface area (Å²) in [5, 5.41) is 3.44. The maximum absolute atomic E-state index is 13.7. The highest BCUT2D eigenvalue weighted by Crippen LogP contribution is 2.34. The van der Waals surface area contributed by atoms with Gasteiger partial charge in [-0.3, -0.25) is 14.2 Å². The third-order valence-corrected chi connectivity index (χ3v) is 7.48. The number of nitrogens with zero attached hydrogens (tertiary/aromatic N) is 2. The molecule has 0 saturated heterocycles. The molecule has 0 radical (unpaired) electrons. The van der Waals surface area contributed by atoms with Crippen LogP contribution in [0.15, 0.2) is 70.6 Å². The number of H-pyrrole nitrogens is 1. The molecule has 0 spiro atoms. The number of hydrogen-bond donors (Lipinski definition) is 2. The number of para-hydroxylation sites is 1. The number of alkyl halides is 3. The number of nitrogens with one attached hydrogen (secondary N) is 2. The van der Waals surface area contributed by atoms with Crippen molar-refractivity contribution in [1.29, 1.82) is 0 Å². The SMILES string of the molecule is Cc1cccc(-n2c(SCC(=O)Nc3cc(C(F)(F)F)ccc3Cl)nc3c([nH]c4ccccc43)c2=O)c1C. The zero-order chi connectivity index (χ0) is 27.2. The van der Waals surface area contributed by atoms with Crippen LogP contribution in [0.5, 0.6) is 0 Å². The number of thioether (sulfide) groups is 1. The van der Waals surface area contributed by atoms with Crippen LogP contribution in [0.25, 0.3) is 27.6 Å². The Kier molecular flexibility index (Phi) is 6.70. The van der Waals surface area contributed by atoms with Gasteiger partial charge in [0.2, 0.25) is 5.91 Å². The lowest BCUT2D eigenvalue weighted by Gasteiger charge is -2.16. The van der Waals surface area contributed by atoms with E-state index in [1.807, 2.05) is 50.2 Å². The van der Waals surface area contributed by atoms with Crippen LogP contribution >= 0.6 is 23.4 Å². The summed E-state index contributed by atoms with van der Waals surface area (Å²) in [6, 6.07) is 15.6. The van der Waals surface area contributed by atoms with Gasteiger partial charge < -0.3 is 10.3 Å². The van der Waals surface area contributed by atoms with Crippen LogP contribution < -0.4 is 10.9 Å². The number of carbonyl (C=O) groups excluding carboxylic acids is 1. The molecule has 5 rings (SSSR count). The Morgan fingerprint density at radius 1 is 1.11 bits per heavy atom. The fraction of sp³-hybridized carbons (Fsp3) is 0.148. The second-order valence-corrected chi connectivity index (χ2v) is 10.0. The molecule has 0 unspecified atom stereocenters. The number of benzene rings is 3. The fourth-order valence-corrected chi connectivity index (χ4v) is 5.11. The molecule has 38 heavy (non-hydrogen) atoms. The lowest BCUT2D eigenvalue weighted by Crippen LogP contribution is -2.24. The summed E-state index contributed by atoms with van der Waals surface area (Å²) in [4.78, 5) is 34.4. The number of halogens is 4. The van der Waals surface area contributed by atoms with Gasteiger partial charge in [0, 0.05) is 10.9 Å². The van der Waals surface area contributed by atoms with E-state index in [1.54, 1.807) is 6.07 Å². The molecule has 5 aromatic rings. The van der Waals surface area contributed by atoms with Crippen molar-refractivity contribution in [3.05, 3.63) is 92.7 Å². The lowest BCUT2D eigenvalue weighted by atomic mass is 10.1. The molecular formula is C27H20ClF3N4O2S. The summed E-state index contributed by atoms with van der Waals surface area (Å²) in [5.74, 6) is -0.824. The van der Waals surface area contributed by atoms with E-state index in [2.05, 4.69) is 10.3 Å². The van der Waals surface area contributed by atoms with Crippen molar-refractivity contribution in [1.82, 2.24) is 14.5 Å². The van der Waals surface area contributed by atoms with Crippen LogP contribution in [0, 0.1) is 13.8 Å². The number of aromatic amines is 1. The molecule has 2 N–H and O–H groups in total. The second kappa shape index (κ2) is 9.85. The number of rotatable bonds is 5. The number of hydrogen-bond acceptors (Lipinski definition) is 4. The lowest BCUT2D eigenvalue weighted by molar-refractivity contribution is -0.137. The maximum Gasteiger partial charge on any atom is 0.416 e. The van der Waals surface area contributed by atoms with Crippen LogP contribution in [0.4, 0.5) is 18.9 Å². The minimum absolute atomic E-state index is 0.0259. The van der Waals surface area contributed by atoms with Gasteiger partial charge in [-0.1, -0.05) is 53.7 Å². The van der Waals surface area contributed by atoms with Crippen molar-refractivity contribution in [2.45, 2.75) is 25.2 Å². The van der Waals surface area contributed by atoms with Gasteiger partial charge >= 0.3 is 6.18 Å². The van der Waals surface area contributed by atoms with Gasteiger partial charge in [0.05, 0.1) is 27.7 Å². The first kappa shape index (κ1) is 25.9. The number of amides is 1. The molecule has 0 bridgehead atoms. The molecule has 11 heteroatoms. The van der Waals surface area contributed by atoms with Crippen molar-refractivity contribution < 1.29 is 18.0 Å². The summed E-state index contributed by atoms with van der Waals surface area (Å²) >= 11 is 7.03. The van der Waals surface area contributed by atoms with E-state index in [0.717, 1.165) is 52.0 Å². The topological polar surface area (TPSA) is 79.8 Å². The van der Waals surface area contributed by atoms with E-state index in [9.17, 15) is 22.8 Å². The largest absolute Gasteiger partial charge is 0.416 e. The zero-order valence-electron chi connectivity index (χ0n) is 20.1. The van der Waals surface area contributed by atoms with Crippen molar-refractivity contribution in [2.75, 3.05) is 11.1 Å². The van der Waals surface area contributed by atoms with Crippen LogP contribution in [0.1, 0.15) is 16.7 Å². The first-order valence-corrected chi connectivity index (χ1v) is 12.8. The third kappa shape index (κ3) is 4.77. The summed E-state index contributed by atoms with van der Waals surface area (Å²) in [6.45, 7) is 3.82. The van der Waals surface area contributed by atoms with Gasteiger partial charge in [0.15, 0.2) is 5.16 Å². The van der Waals surface area contributed by atoms with E-state index >= 15 is 0 Å². The van der Waals surface area contributed by atoms with Gasteiger partial charge in [0.1, 0.15) is 11.0 Å². The van der Waals surface area contributed by atoms with Crippen molar-refractivity contribution in [2.24, 2.45) is 0 Å². The normalized spacial score (nSPS) is 11.8. The van der Waals surface area contributed by atoms with Crippen LogP contribution in [0.2, 0.25) is 5.02 Å². The van der Waals surface area contributed by atoms with Gasteiger partial charge in [0.25, 0.3) is 5.56 Å². The van der Waals surface area contributed by atoms with E-state index in [1.165, 1.54) is 4.57 Å². The van der Waals surface area contributed by atoms with Crippen LogP contribution in [-0.2, 0) is 11.0 Å². The average molecular weight is 557 g/mol. The molecule has 0 aliphatic rings. The minimum Gasteiger partial charge on any atom is -0.349 e. The summed E-state index contributed by atoms with van der Waals surface area (Å²) < 4.78 is 40.8. The monoisotopic (exact) mass is 556 g/mol. The summed E-state index contributed by atoms with van der Waals surface area (Å²) in [6.07, 6.45) is -4.58. The van der Waals surface area contributed by atoms with Crippen molar-refractivity contribution >= 4 is 56.9 Å². The standard InChI is InChI=1S/C27H20ClF3N4O2S/c1-14-6-5-9-21(15(14)2)35-25(37)24-23(17-7-3-4-8-19(17)33-24)34-26(35)38-13-22(36)32-20-12-16(27(29,30)31)10-11-18(20)28/h3-12,33H,13H2,1-2H3,(H,32,36). The maximum atomic E-state index is 13.7. The van der Waals surface area contributed by atoms with Gasteiger partial charge in [-0.2, -0.15) is 13.2 Å². The number of anilines is 1. The van der Waals surface area contributed by atoms with E-state index in [4.69, 9.17) is 16.6 Å². The Morgan fingerprint density at radius 2 is 1.87 bits per heavy atom. The Balaban J connectivity index is 1.55. The van der Waals surface area contributed by atoms with Crippen molar-refractivity contribution in [3.8, 4) is 5.69 Å². The average Bonchev–Trinajstić information content (AvgIpc) is 3.25. The molecule has 0 atom stereocenters. The smallest absolute Gasteiger partial charge is 0.349 e. The zero-order valence-corrected chi connectivity index (χ0v) is 21.7. The van der Waals surface area contributed by atoms with Crippen LogP contribution in [0.3, 0.4) is 0 Å². The third-order valence-electron chi connectivity index (χ3n) is 6.21. The molecule has 0 fully saturated rings. The Morgan fingerprint density at radius 3 is 2.63 bits per heavy atom. The van der Waals surface area contributed by atoms with Gasteiger partial charge in [-0.25, -0.2) is 4.98 Å². The molecule has 1 amide bonds. The fourth-order valence-electron chi connectivity index (χ4n) is 4.14. The van der Waals surface area contributed by atoms with E-state index < -0.39 is 17.6 Å². The van der Waals surface area contributed by atoms with Crippen molar-refractivity contribution in [3.63, 3.8) is 0 Å². The molecular weight excluding hydrogens is 537 g/mol. The number of aryl methyl sites for hydroxylation is 1. The Hall–Kier alpha value is -3.76. The molecule has 194 valence electrons. The van der Waals surface area contributed by atoms with E-state index in [-0.39, 0.29) is 27.2 Å². The molecule has 3 aromatic carbocycles. The predicted octanol–water partition coefficient (Wildman–Crippen LogP) is 6.89. The Bertz CT molecular complexity index is 1780. The molecule has 0 saturated carbocycles.